The fourth-order valence-corrected chi connectivity index (χ4v) is 2.89. The van der Waals surface area contributed by atoms with Gasteiger partial charge in [-0.25, -0.2) is 0 Å². The first-order chi connectivity index (χ1) is 12.2. The maximum absolute atomic E-state index is 13.0. The molecule has 1 aliphatic rings. The predicted octanol–water partition coefficient (Wildman–Crippen LogP) is 2.26. The summed E-state index contributed by atoms with van der Waals surface area (Å²) in [5.41, 5.74) is 0.333. The largest absolute Gasteiger partial charge is 0.497 e. The zero-order valence-electron chi connectivity index (χ0n) is 14.6. The number of nitrogens with one attached hydrogen (secondary N) is 1. The molecule has 1 heterocycles. The van der Waals surface area contributed by atoms with Crippen molar-refractivity contribution in [3.8, 4) is 11.5 Å². The highest BCUT2D eigenvalue weighted by Crippen LogP contribution is 2.37. The third-order valence-corrected chi connectivity index (χ3v) is 4.18. The number of aliphatic carboxylic acids is 1. The van der Waals surface area contributed by atoms with E-state index < -0.39 is 36.4 Å². The number of likely N-dealkylation sites (tertiary alicyclic amines) is 1. The van der Waals surface area contributed by atoms with Crippen molar-refractivity contribution in [2.75, 3.05) is 39.2 Å². The Hall–Kier alpha value is -2.20. The lowest BCUT2D eigenvalue weighted by molar-refractivity contribution is -0.188. The summed E-state index contributed by atoms with van der Waals surface area (Å²) in [6.07, 6.45) is -4.63. The molecule has 0 aliphatic carbocycles. The summed E-state index contributed by atoms with van der Waals surface area (Å²) in [5.74, 6) is -4.83. The van der Waals surface area contributed by atoms with Gasteiger partial charge in [0.25, 0.3) is 0 Å². The molecule has 0 aromatic heterocycles. The van der Waals surface area contributed by atoms with Crippen molar-refractivity contribution < 1.29 is 37.3 Å². The van der Waals surface area contributed by atoms with Crippen molar-refractivity contribution in [1.29, 1.82) is 0 Å². The van der Waals surface area contributed by atoms with Crippen molar-refractivity contribution in [2.45, 2.75) is 6.18 Å². The molecule has 0 unspecified atom stereocenters. The molecule has 1 amide bonds. The van der Waals surface area contributed by atoms with E-state index in [1.54, 1.807) is 12.1 Å². The number of hydrogen-bond donors (Lipinski definition) is 2. The summed E-state index contributed by atoms with van der Waals surface area (Å²) in [4.78, 5) is 24.4. The van der Waals surface area contributed by atoms with Crippen LogP contribution in [0.15, 0.2) is 18.2 Å². The number of amides is 1. The number of hydrogen-bond acceptors (Lipinski definition) is 5. The lowest BCUT2D eigenvalue weighted by Gasteiger charge is -2.18. The maximum Gasteiger partial charge on any atom is 0.393 e. The van der Waals surface area contributed by atoms with E-state index in [9.17, 15) is 22.8 Å². The highest BCUT2D eigenvalue weighted by atomic mass is 35.5. The van der Waals surface area contributed by atoms with E-state index in [0.717, 1.165) is 0 Å². The van der Waals surface area contributed by atoms with Crippen LogP contribution in [0.2, 0.25) is 0 Å². The Bertz CT molecular complexity index is 687. The molecule has 11 heteroatoms. The Labute approximate surface area is 159 Å². The Balaban J connectivity index is 0.00000364. The molecule has 0 radical (unpaired) electrons. The number of anilines is 1. The van der Waals surface area contributed by atoms with Crippen LogP contribution in [0.25, 0.3) is 0 Å². The molecule has 1 aliphatic heterocycles. The number of methoxy groups -OCH3 is 2. The smallest absolute Gasteiger partial charge is 0.393 e. The van der Waals surface area contributed by atoms with Crippen molar-refractivity contribution >= 4 is 30.0 Å². The number of halogens is 4. The zero-order chi connectivity index (χ0) is 19.5. The van der Waals surface area contributed by atoms with Crippen LogP contribution < -0.4 is 14.8 Å². The van der Waals surface area contributed by atoms with Gasteiger partial charge in [0.05, 0.1) is 38.3 Å². The van der Waals surface area contributed by atoms with Crippen LogP contribution in [0.1, 0.15) is 0 Å². The van der Waals surface area contributed by atoms with Gasteiger partial charge in [0, 0.05) is 19.2 Å². The number of rotatable bonds is 6. The van der Waals surface area contributed by atoms with Crippen LogP contribution >= 0.6 is 12.4 Å². The minimum Gasteiger partial charge on any atom is -0.497 e. The molecule has 0 spiro atoms. The average Bonchev–Trinajstić information content (AvgIpc) is 2.99. The molecule has 1 saturated heterocycles. The van der Waals surface area contributed by atoms with Gasteiger partial charge in [0.1, 0.15) is 11.5 Å². The lowest BCUT2D eigenvalue weighted by atomic mass is 9.96. The monoisotopic (exact) mass is 412 g/mol. The molecule has 2 rings (SSSR count). The summed E-state index contributed by atoms with van der Waals surface area (Å²) in [6, 6.07) is 4.68. The van der Waals surface area contributed by atoms with E-state index in [-0.39, 0.29) is 25.5 Å². The fraction of sp³-hybridized carbons (Fsp3) is 0.500. The van der Waals surface area contributed by atoms with Gasteiger partial charge in [0.2, 0.25) is 5.91 Å². The molecule has 1 aromatic carbocycles. The van der Waals surface area contributed by atoms with E-state index >= 15 is 0 Å². The quantitative estimate of drug-likeness (QED) is 0.745. The summed E-state index contributed by atoms with van der Waals surface area (Å²) < 4.78 is 49.1. The van der Waals surface area contributed by atoms with Crippen molar-refractivity contribution in [3.63, 3.8) is 0 Å². The summed E-state index contributed by atoms with van der Waals surface area (Å²) in [7, 11) is 2.87. The molecule has 2 atom stereocenters. The van der Waals surface area contributed by atoms with E-state index in [1.807, 2.05) is 0 Å². The van der Waals surface area contributed by atoms with Crippen LogP contribution in [0, 0.1) is 11.8 Å². The minimum absolute atomic E-state index is 0. The average molecular weight is 413 g/mol. The second-order valence-electron chi connectivity index (χ2n) is 5.90. The van der Waals surface area contributed by atoms with Gasteiger partial charge in [-0.3, -0.25) is 14.5 Å². The number of carbonyl (C=O) groups is 2. The first-order valence-corrected chi connectivity index (χ1v) is 7.69. The Morgan fingerprint density at radius 3 is 2.41 bits per heavy atom. The molecule has 1 fully saturated rings. The number of carbonyl (C=O) groups excluding carboxylic acids is 1. The topological polar surface area (TPSA) is 88.1 Å². The number of alkyl halides is 3. The summed E-state index contributed by atoms with van der Waals surface area (Å²) >= 11 is 0. The highest BCUT2D eigenvalue weighted by Gasteiger charge is 2.52. The molecule has 0 saturated carbocycles. The normalized spacial score (nSPS) is 19.9. The second-order valence-corrected chi connectivity index (χ2v) is 5.90. The summed E-state index contributed by atoms with van der Waals surface area (Å²) in [5, 5.41) is 11.5. The maximum atomic E-state index is 13.0. The molecular formula is C16H20ClF3N2O5. The molecule has 2 N–H and O–H groups in total. The number of ether oxygens (including phenoxy) is 2. The summed E-state index contributed by atoms with van der Waals surface area (Å²) in [6.45, 7) is -1.23. The van der Waals surface area contributed by atoms with Gasteiger partial charge in [-0.1, -0.05) is 0 Å². The van der Waals surface area contributed by atoms with Crippen molar-refractivity contribution in [1.82, 2.24) is 4.90 Å². The van der Waals surface area contributed by atoms with Crippen LogP contribution in [0.5, 0.6) is 11.5 Å². The van der Waals surface area contributed by atoms with E-state index in [1.165, 1.54) is 25.2 Å². The van der Waals surface area contributed by atoms with Gasteiger partial charge in [-0.2, -0.15) is 13.2 Å². The van der Waals surface area contributed by atoms with E-state index in [2.05, 4.69) is 5.32 Å². The van der Waals surface area contributed by atoms with Crippen LogP contribution in [0.3, 0.4) is 0 Å². The van der Waals surface area contributed by atoms with Crippen LogP contribution in [0.4, 0.5) is 18.9 Å². The third-order valence-electron chi connectivity index (χ3n) is 4.18. The molecule has 0 bridgehead atoms. The zero-order valence-corrected chi connectivity index (χ0v) is 15.4. The molecule has 152 valence electrons. The lowest BCUT2D eigenvalue weighted by Crippen LogP contribution is -2.34. The first kappa shape index (κ1) is 22.8. The van der Waals surface area contributed by atoms with Crippen molar-refractivity contribution in [2.24, 2.45) is 11.8 Å². The van der Waals surface area contributed by atoms with Crippen LogP contribution in [-0.2, 0) is 9.59 Å². The fourth-order valence-electron chi connectivity index (χ4n) is 2.89. The van der Waals surface area contributed by atoms with Gasteiger partial charge in [-0.15, -0.1) is 12.4 Å². The second kappa shape index (κ2) is 9.14. The van der Waals surface area contributed by atoms with E-state index in [4.69, 9.17) is 14.6 Å². The molecule has 27 heavy (non-hydrogen) atoms. The molecular weight excluding hydrogens is 393 g/mol. The number of carboxylic acids is 1. The number of benzene rings is 1. The number of nitrogens with zero attached hydrogens (tertiary/aromatic N) is 1. The standard InChI is InChI=1S/C16H19F3N2O5.ClH/c1-25-9-3-4-12(13(5-9)26-2)20-14(22)8-21-6-10(15(23)24)11(7-21)16(17,18)19;/h3-5,10-11H,6-8H2,1-2H3,(H,20,22)(H,23,24);1H/t10-,11-;/m1./s1. The Kier molecular flexibility index (Phi) is 7.73. The number of carboxylic acid groups (broad SMARTS) is 1. The van der Waals surface area contributed by atoms with Gasteiger partial charge < -0.3 is 19.9 Å². The Morgan fingerprint density at radius 1 is 1.26 bits per heavy atom. The SMILES string of the molecule is COc1ccc(NC(=O)CN2C[C@@H](C(F)(F)F)[C@H](C(=O)O)C2)c(OC)c1.Cl. The van der Waals surface area contributed by atoms with E-state index in [0.29, 0.717) is 17.2 Å². The minimum atomic E-state index is -4.63. The highest BCUT2D eigenvalue weighted by molar-refractivity contribution is 5.94. The van der Waals surface area contributed by atoms with Crippen molar-refractivity contribution in [3.05, 3.63) is 18.2 Å². The van der Waals surface area contributed by atoms with Gasteiger partial charge >= 0.3 is 12.1 Å². The predicted molar refractivity (Wildman–Crippen MR) is 92.5 cm³/mol. The Morgan fingerprint density at radius 2 is 1.93 bits per heavy atom. The van der Waals surface area contributed by atoms with Crippen LogP contribution in [-0.4, -0.2) is 61.9 Å². The molecule has 1 aromatic rings. The molecule has 7 nitrogen and oxygen atoms in total. The first-order valence-electron chi connectivity index (χ1n) is 7.69. The van der Waals surface area contributed by atoms with Gasteiger partial charge in [0.15, 0.2) is 0 Å². The van der Waals surface area contributed by atoms with Gasteiger partial charge in [-0.05, 0) is 12.1 Å². The third kappa shape index (κ3) is 5.64.